The second-order valence-corrected chi connectivity index (χ2v) is 9.08. The molecule has 0 aromatic heterocycles. The lowest BCUT2D eigenvalue weighted by Crippen LogP contribution is -2.18. The molecular formula is C28H54O2. The van der Waals surface area contributed by atoms with Crippen molar-refractivity contribution in [3.8, 4) is 0 Å². The number of rotatable bonds is 23. The van der Waals surface area contributed by atoms with Gasteiger partial charge in [0.15, 0.2) is 0 Å². The summed E-state index contributed by atoms with van der Waals surface area (Å²) in [5, 5.41) is 0. The summed E-state index contributed by atoms with van der Waals surface area (Å²) in [5.74, 6) is 0.0326. The summed E-state index contributed by atoms with van der Waals surface area (Å²) in [7, 11) is 0. The largest absolute Gasteiger partial charge is 0.462 e. The van der Waals surface area contributed by atoms with Crippen molar-refractivity contribution in [2.75, 3.05) is 0 Å². The Kier molecular flexibility index (Phi) is 23.8. The molecule has 1 atom stereocenters. The summed E-state index contributed by atoms with van der Waals surface area (Å²) < 4.78 is 5.77. The van der Waals surface area contributed by atoms with Crippen molar-refractivity contribution in [2.24, 2.45) is 0 Å². The second-order valence-electron chi connectivity index (χ2n) is 9.08. The smallest absolute Gasteiger partial charge is 0.306 e. The summed E-state index contributed by atoms with van der Waals surface area (Å²) in [5.41, 5.74) is 0. The van der Waals surface area contributed by atoms with Crippen LogP contribution in [-0.2, 0) is 9.53 Å². The van der Waals surface area contributed by atoms with Crippen LogP contribution in [0, 0.1) is 0 Å². The highest BCUT2D eigenvalue weighted by Crippen LogP contribution is 2.16. The van der Waals surface area contributed by atoms with Crippen molar-refractivity contribution in [1.82, 2.24) is 0 Å². The Balaban J connectivity index is 3.54. The maximum Gasteiger partial charge on any atom is 0.306 e. The van der Waals surface area contributed by atoms with E-state index in [0.29, 0.717) is 6.42 Å². The Morgan fingerprint density at radius 3 is 1.67 bits per heavy atom. The number of hydrogen-bond acceptors (Lipinski definition) is 2. The maximum atomic E-state index is 12.2. The molecule has 30 heavy (non-hydrogen) atoms. The molecule has 0 radical (unpaired) electrons. The van der Waals surface area contributed by atoms with Gasteiger partial charge in [0.25, 0.3) is 0 Å². The molecule has 0 bridgehead atoms. The van der Waals surface area contributed by atoms with Crippen molar-refractivity contribution in [3.63, 3.8) is 0 Å². The second kappa shape index (κ2) is 24.5. The van der Waals surface area contributed by atoms with E-state index < -0.39 is 0 Å². The van der Waals surface area contributed by atoms with Gasteiger partial charge in [-0.15, -0.1) is 0 Å². The number of ether oxygens (including phenoxy) is 1. The van der Waals surface area contributed by atoms with Crippen LogP contribution >= 0.6 is 0 Å². The molecule has 2 heteroatoms. The molecular weight excluding hydrogens is 368 g/mol. The predicted molar refractivity (Wildman–Crippen MR) is 133 cm³/mol. The molecule has 0 N–H and O–H groups in total. The highest BCUT2D eigenvalue weighted by Gasteiger charge is 2.13. The number of carbonyl (C=O) groups is 1. The monoisotopic (exact) mass is 422 g/mol. The van der Waals surface area contributed by atoms with Crippen molar-refractivity contribution in [3.05, 3.63) is 12.2 Å². The summed E-state index contributed by atoms with van der Waals surface area (Å²) in [6, 6.07) is 0. The fraction of sp³-hybridized carbons (Fsp3) is 0.893. The first-order valence-electron chi connectivity index (χ1n) is 13.6. The van der Waals surface area contributed by atoms with E-state index in [-0.39, 0.29) is 12.1 Å². The first kappa shape index (κ1) is 29.2. The summed E-state index contributed by atoms with van der Waals surface area (Å²) in [4.78, 5) is 12.2. The van der Waals surface area contributed by atoms with E-state index >= 15 is 0 Å². The highest BCUT2D eigenvalue weighted by molar-refractivity contribution is 5.69. The molecule has 0 aromatic carbocycles. The van der Waals surface area contributed by atoms with Gasteiger partial charge in [0.2, 0.25) is 0 Å². The van der Waals surface area contributed by atoms with Crippen LogP contribution in [0.1, 0.15) is 156 Å². The zero-order valence-electron chi connectivity index (χ0n) is 20.9. The Morgan fingerprint density at radius 2 is 1.07 bits per heavy atom. The molecule has 0 aliphatic heterocycles. The SMILES string of the molecule is CCCCCCCCC=CCCCCCCCC(=O)OC(CCCC)CCCCC. The highest BCUT2D eigenvalue weighted by atomic mass is 16.5. The lowest BCUT2D eigenvalue weighted by molar-refractivity contribution is -0.150. The molecule has 0 heterocycles. The molecule has 0 amide bonds. The lowest BCUT2D eigenvalue weighted by atomic mass is 10.1. The van der Waals surface area contributed by atoms with E-state index in [1.54, 1.807) is 0 Å². The normalized spacial score (nSPS) is 12.5. The predicted octanol–water partition coefficient (Wildman–Crippen LogP) is 9.71. The fourth-order valence-electron chi connectivity index (χ4n) is 3.90. The van der Waals surface area contributed by atoms with E-state index in [0.717, 1.165) is 32.1 Å². The van der Waals surface area contributed by atoms with Crippen LogP contribution in [-0.4, -0.2) is 12.1 Å². The van der Waals surface area contributed by atoms with Crippen LogP contribution < -0.4 is 0 Å². The van der Waals surface area contributed by atoms with Gasteiger partial charge in [0.1, 0.15) is 6.10 Å². The van der Waals surface area contributed by atoms with Crippen LogP contribution in [0.25, 0.3) is 0 Å². The molecule has 0 fully saturated rings. The summed E-state index contributed by atoms with van der Waals surface area (Å²) in [6.45, 7) is 6.70. The average Bonchev–Trinajstić information content (AvgIpc) is 2.74. The Morgan fingerprint density at radius 1 is 0.600 bits per heavy atom. The van der Waals surface area contributed by atoms with Gasteiger partial charge in [-0.05, 0) is 51.4 Å². The molecule has 0 saturated carbocycles. The Labute approximate surface area is 189 Å². The molecule has 0 rings (SSSR count). The van der Waals surface area contributed by atoms with Crippen molar-refractivity contribution in [2.45, 2.75) is 162 Å². The maximum absolute atomic E-state index is 12.2. The Hall–Kier alpha value is -0.790. The van der Waals surface area contributed by atoms with Crippen LogP contribution in [0.5, 0.6) is 0 Å². The summed E-state index contributed by atoms with van der Waals surface area (Å²) >= 11 is 0. The molecule has 0 aliphatic carbocycles. The minimum Gasteiger partial charge on any atom is -0.462 e. The van der Waals surface area contributed by atoms with Gasteiger partial charge in [-0.25, -0.2) is 0 Å². The third-order valence-electron chi connectivity index (χ3n) is 5.95. The topological polar surface area (TPSA) is 26.3 Å². The van der Waals surface area contributed by atoms with Gasteiger partial charge in [0, 0.05) is 6.42 Å². The minimum atomic E-state index is 0.0326. The number of hydrogen-bond donors (Lipinski definition) is 0. The Bertz CT molecular complexity index is 375. The molecule has 0 saturated heterocycles. The van der Waals surface area contributed by atoms with Crippen LogP contribution in [0.3, 0.4) is 0 Å². The van der Waals surface area contributed by atoms with E-state index in [9.17, 15) is 4.79 Å². The number of allylic oxidation sites excluding steroid dienone is 2. The number of unbranched alkanes of at least 4 members (excludes halogenated alkanes) is 14. The zero-order chi connectivity index (χ0) is 22.1. The quantitative estimate of drug-likeness (QED) is 0.0930. The average molecular weight is 423 g/mol. The van der Waals surface area contributed by atoms with Crippen molar-refractivity contribution < 1.29 is 9.53 Å². The third-order valence-corrected chi connectivity index (χ3v) is 5.95. The lowest BCUT2D eigenvalue weighted by Gasteiger charge is -2.17. The van der Waals surface area contributed by atoms with Gasteiger partial charge < -0.3 is 4.74 Å². The molecule has 0 aliphatic rings. The third kappa shape index (κ3) is 21.9. The summed E-state index contributed by atoms with van der Waals surface area (Å²) in [6.07, 6.45) is 30.3. The van der Waals surface area contributed by atoms with Crippen LogP contribution in [0.4, 0.5) is 0 Å². The van der Waals surface area contributed by atoms with E-state index in [2.05, 4.69) is 32.9 Å². The van der Waals surface area contributed by atoms with Gasteiger partial charge >= 0.3 is 5.97 Å². The molecule has 2 nitrogen and oxygen atoms in total. The molecule has 0 aromatic rings. The molecule has 1 unspecified atom stereocenters. The van der Waals surface area contributed by atoms with Crippen LogP contribution in [0.2, 0.25) is 0 Å². The number of carbonyl (C=O) groups excluding carboxylic acids is 1. The van der Waals surface area contributed by atoms with Gasteiger partial charge in [-0.2, -0.15) is 0 Å². The minimum absolute atomic E-state index is 0.0326. The van der Waals surface area contributed by atoms with E-state index in [1.807, 2.05) is 0 Å². The zero-order valence-corrected chi connectivity index (χ0v) is 20.9. The van der Waals surface area contributed by atoms with E-state index in [1.165, 1.54) is 96.3 Å². The molecule has 0 spiro atoms. The molecule has 178 valence electrons. The first-order chi connectivity index (χ1) is 14.7. The van der Waals surface area contributed by atoms with Crippen molar-refractivity contribution in [1.29, 1.82) is 0 Å². The van der Waals surface area contributed by atoms with Crippen LogP contribution in [0.15, 0.2) is 12.2 Å². The van der Waals surface area contributed by atoms with E-state index in [4.69, 9.17) is 4.74 Å². The van der Waals surface area contributed by atoms with Gasteiger partial charge in [0.05, 0.1) is 0 Å². The first-order valence-corrected chi connectivity index (χ1v) is 13.6. The standard InChI is InChI=1S/C28H54O2/c1-4-7-10-11-12-13-14-15-16-17-18-19-20-21-23-26-28(29)30-27(24-9-6-3)25-22-8-5-2/h15-16,27H,4-14,17-26H2,1-3H3. The number of esters is 1. The van der Waals surface area contributed by atoms with Gasteiger partial charge in [-0.1, -0.05) is 110 Å². The fourth-order valence-corrected chi connectivity index (χ4v) is 3.90. The van der Waals surface area contributed by atoms with Gasteiger partial charge in [-0.3, -0.25) is 4.79 Å². The van der Waals surface area contributed by atoms with Crippen molar-refractivity contribution >= 4 is 5.97 Å².